The van der Waals surface area contributed by atoms with E-state index in [2.05, 4.69) is 15.2 Å². The van der Waals surface area contributed by atoms with Crippen molar-refractivity contribution in [3.8, 4) is 11.3 Å². The summed E-state index contributed by atoms with van der Waals surface area (Å²) in [7, 11) is 1.71. The Labute approximate surface area is 204 Å². The van der Waals surface area contributed by atoms with E-state index in [9.17, 15) is 9.18 Å². The van der Waals surface area contributed by atoms with Crippen molar-refractivity contribution < 1.29 is 13.9 Å². The van der Waals surface area contributed by atoms with E-state index in [-0.39, 0.29) is 17.5 Å². The van der Waals surface area contributed by atoms with Crippen LogP contribution in [-0.4, -0.2) is 33.7 Å². The summed E-state index contributed by atoms with van der Waals surface area (Å²) >= 11 is 0. The number of hydrogen-bond donors (Lipinski definition) is 1. The molecular formula is C29H30FN3O2. The number of carbonyl (C=O) groups is 1. The molecule has 1 aliphatic rings. The molecule has 0 amide bonds. The molecular weight excluding hydrogens is 441 g/mol. The SMILES string of the molecule is COC1(Cc2ccccc2F)CCCC(CC(=O)c2ccc3[nH]nc(-c4ccnc(C)c4)c3c2)C1. The molecule has 1 N–H and O–H groups in total. The number of H-pyrrole nitrogens is 1. The number of aromatic nitrogens is 3. The van der Waals surface area contributed by atoms with Crippen molar-refractivity contribution in [3.05, 3.63) is 83.4 Å². The molecule has 6 heteroatoms. The molecule has 0 saturated heterocycles. The second-order valence-electron chi connectivity index (χ2n) is 9.76. The van der Waals surface area contributed by atoms with Gasteiger partial charge in [-0.2, -0.15) is 5.10 Å². The molecule has 5 nitrogen and oxygen atoms in total. The summed E-state index contributed by atoms with van der Waals surface area (Å²) in [5, 5.41) is 8.49. The molecule has 0 radical (unpaired) electrons. The Morgan fingerprint density at radius 3 is 2.86 bits per heavy atom. The molecule has 1 saturated carbocycles. The quantitative estimate of drug-likeness (QED) is 0.314. The average molecular weight is 472 g/mol. The number of halogens is 1. The number of nitrogens with one attached hydrogen (secondary N) is 1. The van der Waals surface area contributed by atoms with E-state index < -0.39 is 5.60 Å². The van der Waals surface area contributed by atoms with Gasteiger partial charge in [0.05, 0.1) is 11.1 Å². The fourth-order valence-electron chi connectivity index (χ4n) is 5.50. The maximum atomic E-state index is 14.3. The van der Waals surface area contributed by atoms with Gasteiger partial charge in [-0.15, -0.1) is 0 Å². The predicted molar refractivity (Wildman–Crippen MR) is 135 cm³/mol. The van der Waals surface area contributed by atoms with E-state index in [1.54, 1.807) is 19.4 Å². The number of methoxy groups -OCH3 is 1. The smallest absolute Gasteiger partial charge is 0.163 e. The highest BCUT2D eigenvalue weighted by molar-refractivity contribution is 6.02. The first-order valence-corrected chi connectivity index (χ1v) is 12.2. The zero-order chi connectivity index (χ0) is 24.4. The topological polar surface area (TPSA) is 67.9 Å². The minimum atomic E-state index is -0.438. The van der Waals surface area contributed by atoms with E-state index in [0.29, 0.717) is 24.0 Å². The zero-order valence-corrected chi connectivity index (χ0v) is 20.2. The number of aryl methyl sites for hydroxylation is 1. The van der Waals surface area contributed by atoms with Crippen LogP contribution in [0.3, 0.4) is 0 Å². The van der Waals surface area contributed by atoms with Gasteiger partial charge in [0.2, 0.25) is 0 Å². The molecule has 1 fully saturated rings. The highest BCUT2D eigenvalue weighted by atomic mass is 19.1. The van der Waals surface area contributed by atoms with Gasteiger partial charge in [0, 0.05) is 48.4 Å². The van der Waals surface area contributed by atoms with Crippen LogP contribution >= 0.6 is 0 Å². The van der Waals surface area contributed by atoms with Crippen LogP contribution in [0.15, 0.2) is 60.8 Å². The van der Waals surface area contributed by atoms with E-state index in [1.165, 1.54) is 6.07 Å². The van der Waals surface area contributed by atoms with Crippen LogP contribution in [0, 0.1) is 18.7 Å². The number of hydrogen-bond acceptors (Lipinski definition) is 4. The number of benzene rings is 2. The second kappa shape index (κ2) is 9.70. The number of nitrogens with zero attached hydrogens (tertiary/aromatic N) is 2. The van der Waals surface area contributed by atoms with Crippen molar-refractivity contribution in [2.75, 3.05) is 7.11 Å². The molecule has 2 atom stereocenters. The molecule has 0 bridgehead atoms. The molecule has 4 aromatic rings. The molecule has 0 aliphatic heterocycles. The van der Waals surface area contributed by atoms with Crippen LogP contribution in [0.25, 0.3) is 22.2 Å². The third-order valence-electron chi connectivity index (χ3n) is 7.34. The minimum Gasteiger partial charge on any atom is -0.378 e. The minimum absolute atomic E-state index is 0.118. The van der Waals surface area contributed by atoms with Gasteiger partial charge in [0.1, 0.15) is 11.5 Å². The Morgan fingerprint density at radius 1 is 1.20 bits per heavy atom. The van der Waals surface area contributed by atoms with Crippen LogP contribution in [-0.2, 0) is 11.2 Å². The van der Waals surface area contributed by atoms with Crippen molar-refractivity contribution in [3.63, 3.8) is 0 Å². The summed E-state index contributed by atoms with van der Waals surface area (Å²) < 4.78 is 20.3. The first kappa shape index (κ1) is 23.4. The molecule has 2 heterocycles. The summed E-state index contributed by atoms with van der Waals surface area (Å²) in [6.07, 6.45) is 6.31. The number of fused-ring (bicyclic) bond motifs is 1. The maximum Gasteiger partial charge on any atom is 0.163 e. The molecule has 2 aromatic heterocycles. The van der Waals surface area contributed by atoms with Crippen molar-refractivity contribution >= 4 is 16.7 Å². The lowest BCUT2D eigenvalue weighted by atomic mass is 9.73. The summed E-state index contributed by atoms with van der Waals surface area (Å²) in [5.74, 6) is 0.119. The van der Waals surface area contributed by atoms with Crippen molar-refractivity contribution in [2.45, 2.75) is 51.0 Å². The Balaban J connectivity index is 1.35. The van der Waals surface area contributed by atoms with Gasteiger partial charge in [-0.05, 0) is 74.1 Å². The third-order valence-corrected chi connectivity index (χ3v) is 7.34. The zero-order valence-electron chi connectivity index (χ0n) is 20.2. The largest absolute Gasteiger partial charge is 0.378 e. The lowest BCUT2D eigenvalue weighted by Crippen LogP contribution is -2.40. The van der Waals surface area contributed by atoms with E-state index in [4.69, 9.17) is 4.74 Å². The van der Waals surface area contributed by atoms with E-state index in [0.717, 1.165) is 53.5 Å². The third kappa shape index (κ3) is 4.89. The fraction of sp³-hybridized carbons (Fsp3) is 0.345. The lowest BCUT2D eigenvalue weighted by Gasteiger charge is -2.40. The molecule has 0 spiro atoms. The number of ether oxygens (including phenoxy) is 1. The Kier molecular flexibility index (Phi) is 6.48. The maximum absolute atomic E-state index is 14.3. The van der Waals surface area contributed by atoms with Crippen molar-refractivity contribution in [1.29, 1.82) is 0 Å². The van der Waals surface area contributed by atoms with Gasteiger partial charge in [0.15, 0.2) is 5.78 Å². The number of ketones is 1. The monoisotopic (exact) mass is 471 g/mol. The molecule has 2 aromatic carbocycles. The van der Waals surface area contributed by atoms with Crippen LogP contribution in [0.5, 0.6) is 0 Å². The normalized spacial score (nSPS) is 20.3. The van der Waals surface area contributed by atoms with Crippen LogP contribution in [0.2, 0.25) is 0 Å². The number of aromatic amines is 1. The predicted octanol–water partition coefficient (Wildman–Crippen LogP) is 6.46. The fourth-order valence-corrected chi connectivity index (χ4v) is 5.50. The van der Waals surface area contributed by atoms with Gasteiger partial charge < -0.3 is 4.74 Å². The van der Waals surface area contributed by atoms with Gasteiger partial charge in [-0.1, -0.05) is 24.6 Å². The van der Waals surface area contributed by atoms with Gasteiger partial charge >= 0.3 is 0 Å². The van der Waals surface area contributed by atoms with Crippen LogP contribution < -0.4 is 0 Å². The van der Waals surface area contributed by atoms with Gasteiger partial charge in [-0.3, -0.25) is 14.9 Å². The first-order chi connectivity index (χ1) is 17.0. The highest BCUT2D eigenvalue weighted by Crippen LogP contribution is 2.40. The molecule has 35 heavy (non-hydrogen) atoms. The van der Waals surface area contributed by atoms with Gasteiger partial charge in [0.25, 0.3) is 0 Å². The van der Waals surface area contributed by atoms with Crippen molar-refractivity contribution in [1.82, 2.24) is 15.2 Å². The average Bonchev–Trinajstić information content (AvgIpc) is 3.29. The molecule has 5 rings (SSSR count). The standard InChI is InChI=1S/C29H30FN3O2/c1-19-14-22(11-13-31-19)28-24-16-21(9-10-26(24)32-33-28)27(34)15-20-6-5-12-29(17-20,35-2)18-23-7-3-4-8-25(23)30/h3-4,7-11,13-14,16,20H,5-6,12,15,17-18H2,1-2H3,(H,32,33). The number of rotatable bonds is 7. The summed E-state index contributed by atoms with van der Waals surface area (Å²) in [5.41, 5.74) is 4.53. The Morgan fingerprint density at radius 2 is 2.06 bits per heavy atom. The molecule has 1 aliphatic carbocycles. The van der Waals surface area contributed by atoms with E-state index in [1.807, 2.05) is 49.4 Å². The number of pyridine rings is 1. The van der Waals surface area contributed by atoms with Crippen molar-refractivity contribution in [2.24, 2.45) is 5.92 Å². The summed E-state index contributed by atoms with van der Waals surface area (Å²) in [4.78, 5) is 17.6. The Hall–Kier alpha value is -3.38. The lowest BCUT2D eigenvalue weighted by molar-refractivity contribution is -0.0545. The van der Waals surface area contributed by atoms with Crippen LogP contribution in [0.1, 0.15) is 53.7 Å². The number of carbonyl (C=O) groups excluding carboxylic acids is 1. The first-order valence-electron chi connectivity index (χ1n) is 12.2. The second-order valence-corrected chi connectivity index (χ2v) is 9.76. The summed E-state index contributed by atoms with van der Waals surface area (Å²) in [6.45, 7) is 1.95. The summed E-state index contributed by atoms with van der Waals surface area (Å²) in [6, 6.07) is 16.5. The molecule has 180 valence electrons. The molecule has 2 unspecified atom stereocenters. The van der Waals surface area contributed by atoms with E-state index >= 15 is 0 Å². The van der Waals surface area contributed by atoms with Gasteiger partial charge in [-0.25, -0.2) is 4.39 Å². The number of Topliss-reactive ketones (excluding diaryl/α,β-unsaturated/α-hetero) is 1. The highest BCUT2D eigenvalue weighted by Gasteiger charge is 2.38. The van der Waals surface area contributed by atoms with Crippen LogP contribution in [0.4, 0.5) is 4.39 Å². The Bertz CT molecular complexity index is 1370.